The molecule has 1 rings (SSSR count). The zero-order valence-corrected chi connectivity index (χ0v) is 11.8. The molecule has 0 bridgehead atoms. The normalized spacial score (nSPS) is 26.8. The highest BCUT2D eigenvalue weighted by Crippen LogP contribution is 2.42. The molecule has 0 aromatic carbocycles. The van der Waals surface area contributed by atoms with E-state index in [-0.39, 0.29) is 29.2 Å². The summed E-state index contributed by atoms with van der Waals surface area (Å²) in [5, 5.41) is 0. The van der Waals surface area contributed by atoms with E-state index in [0.29, 0.717) is 6.42 Å². The molecule has 2 unspecified atom stereocenters. The molecule has 0 spiro atoms. The molecule has 0 aromatic heterocycles. The van der Waals surface area contributed by atoms with Crippen LogP contribution < -0.4 is 0 Å². The highest BCUT2D eigenvalue weighted by molar-refractivity contribution is 5.94. The fraction of sp³-hybridized carbons (Fsp3) is 0.600. The monoisotopic (exact) mass is 250 g/mol. The van der Waals surface area contributed by atoms with Crippen molar-refractivity contribution in [2.45, 2.75) is 47.1 Å². The van der Waals surface area contributed by atoms with Crippen molar-refractivity contribution in [2.24, 2.45) is 11.3 Å². The molecule has 0 amide bonds. The van der Waals surface area contributed by atoms with Gasteiger partial charge in [0.05, 0.1) is 0 Å². The van der Waals surface area contributed by atoms with E-state index in [9.17, 15) is 9.59 Å². The van der Waals surface area contributed by atoms with Crippen LogP contribution in [0.3, 0.4) is 0 Å². The smallest absolute Gasteiger partial charge is 0.303 e. The molecular weight excluding hydrogens is 228 g/mol. The van der Waals surface area contributed by atoms with Crippen molar-refractivity contribution in [1.29, 1.82) is 0 Å². The van der Waals surface area contributed by atoms with Gasteiger partial charge >= 0.3 is 5.97 Å². The van der Waals surface area contributed by atoms with Gasteiger partial charge in [-0.3, -0.25) is 9.59 Å². The van der Waals surface area contributed by atoms with Crippen LogP contribution in [0.5, 0.6) is 0 Å². The van der Waals surface area contributed by atoms with E-state index >= 15 is 0 Å². The predicted molar refractivity (Wildman–Crippen MR) is 71.0 cm³/mol. The second-order valence-corrected chi connectivity index (χ2v) is 5.59. The minimum absolute atomic E-state index is 0.123. The van der Waals surface area contributed by atoms with Gasteiger partial charge in [-0.05, 0) is 37.8 Å². The van der Waals surface area contributed by atoms with Gasteiger partial charge < -0.3 is 4.74 Å². The Kier molecular flexibility index (Phi) is 4.49. The first-order chi connectivity index (χ1) is 8.27. The van der Waals surface area contributed by atoms with Crippen molar-refractivity contribution >= 4 is 11.8 Å². The fourth-order valence-electron chi connectivity index (χ4n) is 2.86. The molecule has 100 valence electrons. The van der Waals surface area contributed by atoms with E-state index in [0.717, 1.165) is 5.57 Å². The molecule has 0 heterocycles. The third-order valence-corrected chi connectivity index (χ3v) is 3.35. The van der Waals surface area contributed by atoms with Gasteiger partial charge in [0.15, 0.2) is 5.78 Å². The SMILES string of the molecule is CC=CC(=O)C1C(C)=CC(OC(C)=O)CC1(C)C. The molecule has 0 saturated heterocycles. The van der Waals surface area contributed by atoms with Gasteiger partial charge in [0.25, 0.3) is 0 Å². The fourth-order valence-corrected chi connectivity index (χ4v) is 2.86. The third-order valence-electron chi connectivity index (χ3n) is 3.35. The van der Waals surface area contributed by atoms with E-state index in [1.54, 1.807) is 12.2 Å². The third kappa shape index (κ3) is 3.31. The minimum Gasteiger partial charge on any atom is -0.458 e. The van der Waals surface area contributed by atoms with Crippen LogP contribution in [0.1, 0.15) is 41.0 Å². The first-order valence-corrected chi connectivity index (χ1v) is 6.30. The predicted octanol–water partition coefficient (Wildman–Crippen LogP) is 3.06. The molecule has 3 nitrogen and oxygen atoms in total. The van der Waals surface area contributed by atoms with E-state index in [2.05, 4.69) is 0 Å². The Hall–Kier alpha value is -1.38. The summed E-state index contributed by atoms with van der Waals surface area (Å²) in [5.74, 6) is -0.281. The number of allylic oxidation sites excluding steroid dienone is 3. The highest BCUT2D eigenvalue weighted by Gasteiger charge is 2.40. The van der Waals surface area contributed by atoms with E-state index in [1.165, 1.54) is 6.92 Å². The molecule has 3 heteroatoms. The standard InChI is InChI=1S/C15H22O3/c1-6-7-13(17)14-10(2)8-12(18-11(3)16)9-15(14,4)5/h6-8,12,14H,9H2,1-5H3. The Bertz CT molecular complexity index is 402. The molecule has 0 N–H and O–H groups in total. The van der Waals surface area contributed by atoms with Crippen molar-refractivity contribution in [3.05, 3.63) is 23.8 Å². The second kappa shape index (κ2) is 5.51. The molecule has 0 saturated carbocycles. The number of ketones is 1. The van der Waals surface area contributed by atoms with Crippen molar-refractivity contribution in [3.8, 4) is 0 Å². The van der Waals surface area contributed by atoms with Crippen LogP contribution in [-0.4, -0.2) is 17.9 Å². The van der Waals surface area contributed by atoms with Crippen LogP contribution in [0.2, 0.25) is 0 Å². The highest BCUT2D eigenvalue weighted by atomic mass is 16.5. The summed E-state index contributed by atoms with van der Waals surface area (Å²) >= 11 is 0. The number of ether oxygens (including phenoxy) is 1. The number of hydrogen-bond acceptors (Lipinski definition) is 3. The lowest BCUT2D eigenvalue weighted by Gasteiger charge is -2.39. The average Bonchev–Trinajstić information content (AvgIpc) is 2.13. The van der Waals surface area contributed by atoms with E-state index < -0.39 is 0 Å². The van der Waals surface area contributed by atoms with Gasteiger partial charge in [0.1, 0.15) is 6.10 Å². The molecule has 1 aliphatic carbocycles. The lowest BCUT2D eigenvalue weighted by molar-refractivity contribution is -0.146. The summed E-state index contributed by atoms with van der Waals surface area (Å²) in [7, 11) is 0. The number of hydrogen-bond donors (Lipinski definition) is 0. The number of esters is 1. The van der Waals surface area contributed by atoms with E-state index in [4.69, 9.17) is 4.74 Å². The van der Waals surface area contributed by atoms with Crippen molar-refractivity contribution in [2.75, 3.05) is 0 Å². The van der Waals surface area contributed by atoms with Crippen LogP contribution in [-0.2, 0) is 14.3 Å². The maximum Gasteiger partial charge on any atom is 0.303 e. The molecule has 0 fully saturated rings. The Morgan fingerprint density at radius 2 is 2.06 bits per heavy atom. The first-order valence-electron chi connectivity index (χ1n) is 6.30. The Labute approximate surface area is 109 Å². The van der Waals surface area contributed by atoms with Crippen molar-refractivity contribution < 1.29 is 14.3 Å². The zero-order chi connectivity index (χ0) is 13.9. The Morgan fingerprint density at radius 3 is 2.50 bits per heavy atom. The van der Waals surface area contributed by atoms with Gasteiger partial charge in [-0.2, -0.15) is 0 Å². The Balaban J connectivity index is 3.00. The summed E-state index contributed by atoms with van der Waals surface area (Å²) in [6.45, 7) is 9.28. The van der Waals surface area contributed by atoms with Crippen LogP contribution in [0, 0.1) is 11.3 Å². The molecule has 0 aromatic rings. The molecular formula is C15H22O3. The maximum absolute atomic E-state index is 12.1. The lowest BCUT2D eigenvalue weighted by Crippen LogP contribution is -2.39. The van der Waals surface area contributed by atoms with Gasteiger partial charge in [0, 0.05) is 12.8 Å². The zero-order valence-electron chi connectivity index (χ0n) is 11.8. The molecule has 2 atom stereocenters. The number of carbonyl (C=O) groups is 2. The summed E-state index contributed by atoms with van der Waals surface area (Å²) in [5.41, 5.74) is 0.788. The largest absolute Gasteiger partial charge is 0.458 e. The number of rotatable bonds is 3. The van der Waals surface area contributed by atoms with Crippen LogP contribution in [0.4, 0.5) is 0 Å². The molecule has 0 aliphatic heterocycles. The number of carbonyl (C=O) groups excluding carboxylic acids is 2. The summed E-state index contributed by atoms with van der Waals surface area (Å²) < 4.78 is 5.24. The quantitative estimate of drug-likeness (QED) is 0.439. The Morgan fingerprint density at radius 1 is 1.44 bits per heavy atom. The van der Waals surface area contributed by atoms with Gasteiger partial charge in [-0.1, -0.05) is 25.5 Å². The average molecular weight is 250 g/mol. The minimum atomic E-state index is -0.280. The van der Waals surface area contributed by atoms with Crippen LogP contribution >= 0.6 is 0 Å². The topological polar surface area (TPSA) is 43.4 Å². The van der Waals surface area contributed by atoms with Crippen LogP contribution in [0.15, 0.2) is 23.8 Å². The van der Waals surface area contributed by atoms with Gasteiger partial charge in [-0.25, -0.2) is 0 Å². The summed E-state index contributed by atoms with van der Waals surface area (Å²) in [6.07, 6.45) is 5.75. The lowest BCUT2D eigenvalue weighted by atomic mass is 9.66. The summed E-state index contributed by atoms with van der Waals surface area (Å²) in [6, 6.07) is 0. The van der Waals surface area contributed by atoms with Crippen LogP contribution in [0.25, 0.3) is 0 Å². The second-order valence-electron chi connectivity index (χ2n) is 5.59. The van der Waals surface area contributed by atoms with Gasteiger partial charge in [-0.15, -0.1) is 0 Å². The molecule has 1 aliphatic rings. The first kappa shape index (κ1) is 14.7. The van der Waals surface area contributed by atoms with Crippen molar-refractivity contribution in [1.82, 2.24) is 0 Å². The van der Waals surface area contributed by atoms with Gasteiger partial charge in [0.2, 0.25) is 0 Å². The van der Waals surface area contributed by atoms with Crippen molar-refractivity contribution in [3.63, 3.8) is 0 Å². The summed E-state index contributed by atoms with van der Waals surface area (Å²) in [4.78, 5) is 23.1. The van der Waals surface area contributed by atoms with E-state index in [1.807, 2.05) is 33.8 Å². The molecule has 18 heavy (non-hydrogen) atoms. The molecule has 0 radical (unpaired) electrons. The maximum atomic E-state index is 12.1.